The molecule has 19 heavy (non-hydrogen) atoms. The first-order chi connectivity index (χ1) is 8.93. The summed E-state index contributed by atoms with van der Waals surface area (Å²) in [5, 5.41) is 20.7. The molecule has 0 saturated heterocycles. The maximum atomic E-state index is 10.4. The second-order valence-corrected chi connectivity index (χ2v) is 6.36. The number of hydrogen-bond acceptors (Lipinski definition) is 3. The Morgan fingerprint density at radius 3 is 2.58 bits per heavy atom. The molecule has 3 heteroatoms. The molecule has 0 radical (unpaired) electrons. The minimum atomic E-state index is -0.517. The molecule has 2 N–H and O–H groups in total. The lowest BCUT2D eigenvalue weighted by molar-refractivity contribution is -0.0667. The highest BCUT2D eigenvalue weighted by Crippen LogP contribution is 2.52. The van der Waals surface area contributed by atoms with Crippen molar-refractivity contribution in [3.63, 3.8) is 0 Å². The number of aliphatic hydroxyl groups excluding tert-OH is 1. The first-order valence-electron chi connectivity index (χ1n) is 7.17. The van der Waals surface area contributed by atoms with Gasteiger partial charge >= 0.3 is 0 Å². The van der Waals surface area contributed by atoms with E-state index in [1.165, 1.54) is 6.42 Å². The minimum Gasteiger partial charge on any atom is -0.507 e. The Hall–Kier alpha value is -1.22. The fraction of sp³-hybridized carbons (Fsp3) is 0.625. The van der Waals surface area contributed by atoms with Crippen LogP contribution in [0.2, 0.25) is 0 Å². The van der Waals surface area contributed by atoms with Gasteiger partial charge in [-0.1, -0.05) is 13.8 Å². The average molecular weight is 262 g/mol. The van der Waals surface area contributed by atoms with E-state index in [-0.39, 0.29) is 11.5 Å². The molecule has 3 nitrogen and oxygen atoms in total. The quantitative estimate of drug-likeness (QED) is 0.813. The van der Waals surface area contributed by atoms with Crippen molar-refractivity contribution in [1.82, 2.24) is 0 Å². The number of benzene rings is 1. The van der Waals surface area contributed by atoms with E-state index in [9.17, 15) is 10.2 Å². The Balaban J connectivity index is 2.11. The second-order valence-electron chi connectivity index (χ2n) is 6.36. The Morgan fingerprint density at radius 1 is 1.37 bits per heavy atom. The summed E-state index contributed by atoms with van der Waals surface area (Å²) in [4.78, 5) is 0. The van der Waals surface area contributed by atoms with E-state index in [1.54, 1.807) is 0 Å². The predicted molar refractivity (Wildman–Crippen MR) is 73.7 cm³/mol. The van der Waals surface area contributed by atoms with Crippen molar-refractivity contribution < 1.29 is 14.9 Å². The summed E-state index contributed by atoms with van der Waals surface area (Å²) in [7, 11) is 0. The Morgan fingerprint density at radius 2 is 2.05 bits per heavy atom. The summed E-state index contributed by atoms with van der Waals surface area (Å²) < 4.78 is 6.18. The van der Waals surface area contributed by atoms with Crippen LogP contribution < -0.4 is 4.74 Å². The van der Waals surface area contributed by atoms with Crippen molar-refractivity contribution >= 4 is 0 Å². The number of aromatic hydroxyl groups is 1. The fourth-order valence-corrected chi connectivity index (χ4v) is 3.36. The molecule has 1 aliphatic carbocycles. The summed E-state index contributed by atoms with van der Waals surface area (Å²) in [6.07, 6.45) is 3.37. The molecule has 1 spiro atoms. The number of hydrogen-bond donors (Lipinski definition) is 2. The van der Waals surface area contributed by atoms with E-state index in [1.807, 2.05) is 13.0 Å². The van der Waals surface area contributed by atoms with Crippen LogP contribution >= 0.6 is 0 Å². The molecule has 1 aliphatic heterocycles. The third-order valence-electron chi connectivity index (χ3n) is 4.70. The summed E-state index contributed by atoms with van der Waals surface area (Å²) in [6, 6.07) is 1.92. The van der Waals surface area contributed by atoms with Gasteiger partial charge in [-0.25, -0.2) is 0 Å². The molecule has 1 saturated carbocycles. The Bertz CT molecular complexity index is 515. The van der Waals surface area contributed by atoms with Gasteiger partial charge in [0.2, 0.25) is 0 Å². The molecular weight excluding hydrogens is 240 g/mol. The molecule has 0 aromatic heterocycles. The highest BCUT2D eigenvalue weighted by molar-refractivity contribution is 5.55. The van der Waals surface area contributed by atoms with Crippen molar-refractivity contribution in [1.29, 1.82) is 0 Å². The van der Waals surface area contributed by atoms with Crippen LogP contribution in [0.5, 0.6) is 11.5 Å². The number of aliphatic hydroxyl groups is 1. The third-order valence-corrected chi connectivity index (χ3v) is 4.70. The van der Waals surface area contributed by atoms with Crippen LogP contribution in [0, 0.1) is 6.92 Å². The van der Waals surface area contributed by atoms with Gasteiger partial charge in [0.1, 0.15) is 17.1 Å². The van der Waals surface area contributed by atoms with Crippen LogP contribution in [-0.2, 0) is 0 Å². The summed E-state index contributed by atoms with van der Waals surface area (Å²) in [5.41, 5.74) is 2.30. The average Bonchev–Trinajstić information content (AvgIpc) is 2.30. The zero-order valence-electron chi connectivity index (χ0n) is 11.9. The van der Waals surface area contributed by atoms with Crippen molar-refractivity contribution in [2.75, 3.05) is 0 Å². The maximum Gasteiger partial charge on any atom is 0.126 e. The van der Waals surface area contributed by atoms with Gasteiger partial charge in [-0.05, 0) is 38.2 Å². The van der Waals surface area contributed by atoms with Crippen molar-refractivity contribution in [3.8, 4) is 11.5 Å². The maximum absolute atomic E-state index is 10.4. The van der Waals surface area contributed by atoms with Gasteiger partial charge in [0.15, 0.2) is 0 Å². The molecule has 0 bridgehead atoms. The summed E-state index contributed by atoms with van der Waals surface area (Å²) >= 11 is 0. The van der Waals surface area contributed by atoms with Gasteiger partial charge in [0.05, 0.1) is 6.10 Å². The highest BCUT2D eigenvalue weighted by Gasteiger charge is 2.46. The van der Waals surface area contributed by atoms with Crippen LogP contribution in [0.3, 0.4) is 0 Å². The van der Waals surface area contributed by atoms with E-state index < -0.39 is 6.10 Å². The van der Waals surface area contributed by atoms with E-state index in [2.05, 4.69) is 13.8 Å². The van der Waals surface area contributed by atoms with Crippen molar-refractivity contribution in [3.05, 3.63) is 22.8 Å². The number of ether oxygens (including phenoxy) is 1. The van der Waals surface area contributed by atoms with Crippen LogP contribution in [0.1, 0.15) is 68.2 Å². The molecule has 1 atom stereocenters. The van der Waals surface area contributed by atoms with E-state index in [0.29, 0.717) is 12.2 Å². The molecule has 104 valence electrons. The van der Waals surface area contributed by atoms with Crippen molar-refractivity contribution in [2.45, 2.75) is 64.1 Å². The number of phenols is 1. The number of rotatable bonds is 1. The first-order valence-corrected chi connectivity index (χ1v) is 7.17. The highest BCUT2D eigenvalue weighted by atomic mass is 16.5. The van der Waals surface area contributed by atoms with Gasteiger partial charge in [-0.3, -0.25) is 0 Å². The lowest BCUT2D eigenvalue weighted by atomic mass is 9.73. The molecular formula is C16H22O3. The normalized spacial score (nSPS) is 23.9. The molecule has 0 unspecified atom stereocenters. The molecule has 0 amide bonds. The van der Waals surface area contributed by atoms with Crippen LogP contribution in [0.4, 0.5) is 0 Å². The number of phenolic OH excluding ortho intramolecular Hbond substituents is 1. The predicted octanol–water partition coefficient (Wildman–Crippen LogP) is 3.56. The topological polar surface area (TPSA) is 49.7 Å². The van der Waals surface area contributed by atoms with Crippen LogP contribution in [-0.4, -0.2) is 15.8 Å². The number of fused-ring (bicyclic) bond motifs is 1. The largest absolute Gasteiger partial charge is 0.507 e. The Labute approximate surface area is 114 Å². The van der Waals surface area contributed by atoms with E-state index >= 15 is 0 Å². The lowest BCUT2D eigenvalue weighted by Gasteiger charge is -2.47. The molecule has 2 aliphatic rings. The molecule has 3 rings (SSSR count). The smallest absolute Gasteiger partial charge is 0.126 e. The molecule has 1 fully saturated rings. The lowest BCUT2D eigenvalue weighted by Crippen LogP contribution is -2.47. The molecule has 1 aromatic carbocycles. The SMILES string of the molecule is Cc1c(O)c(C(C)C)cc2c1[C@@H](O)CC1(CCC1)O2. The summed E-state index contributed by atoms with van der Waals surface area (Å²) in [5.74, 6) is 1.32. The van der Waals surface area contributed by atoms with Gasteiger partial charge in [-0.15, -0.1) is 0 Å². The third kappa shape index (κ3) is 1.83. The van der Waals surface area contributed by atoms with Gasteiger partial charge in [0, 0.05) is 23.1 Å². The van der Waals surface area contributed by atoms with Crippen LogP contribution in [0.15, 0.2) is 6.07 Å². The molecule has 1 aromatic rings. The monoisotopic (exact) mass is 262 g/mol. The van der Waals surface area contributed by atoms with Gasteiger partial charge in [0.25, 0.3) is 0 Å². The second kappa shape index (κ2) is 4.14. The zero-order valence-corrected chi connectivity index (χ0v) is 11.9. The van der Waals surface area contributed by atoms with E-state index in [0.717, 1.165) is 35.3 Å². The zero-order chi connectivity index (χ0) is 13.8. The fourth-order valence-electron chi connectivity index (χ4n) is 3.36. The van der Waals surface area contributed by atoms with Crippen LogP contribution in [0.25, 0.3) is 0 Å². The van der Waals surface area contributed by atoms with Gasteiger partial charge < -0.3 is 14.9 Å². The minimum absolute atomic E-state index is 0.149. The standard InChI is InChI=1S/C16H22O3/c1-9(2)11-7-13-14(10(3)15(11)18)12(17)8-16(19-13)5-4-6-16/h7,9,12,17-18H,4-6,8H2,1-3H3/t12-/m0/s1. The van der Waals surface area contributed by atoms with Gasteiger partial charge in [-0.2, -0.15) is 0 Å². The Kier molecular flexibility index (Phi) is 2.79. The summed E-state index contributed by atoms with van der Waals surface area (Å²) in [6.45, 7) is 5.98. The molecule has 1 heterocycles. The first kappa shape index (κ1) is 12.8. The van der Waals surface area contributed by atoms with E-state index in [4.69, 9.17) is 4.74 Å². The van der Waals surface area contributed by atoms with Crippen molar-refractivity contribution in [2.24, 2.45) is 0 Å².